The Morgan fingerprint density at radius 2 is 2.05 bits per heavy atom. The van der Waals surface area contributed by atoms with Gasteiger partial charge in [-0.05, 0) is 42.7 Å². The minimum atomic E-state index is -0.200. The smallest absolute Gasteiger partial charge is 0.276 e. The number of H-pyrrole nitrogens is 1. The van der Waals surface area contributed by atoms with Crippen LogP contribution in [0.3, 0.4) is 0 Å². The molecule has 1 aromatic carbocycles. The Labute approximate surface area is 120 Å². The van der Waals surface area contributed by atoms with Crippen molar-refractivity contribution in [3.63, 3.8) is 0 Å². The number of aromatic nitrogens is 2. The van der Waals surface area contributed by atoms with E-state index >= 15 is 0 Å². The van der Waals surface area contributed by atoms with Gasteiger partial charge >= 0.3 is 0 Å². The third-order valence-corrected chi connectivity index (χ3v) is 3.12. The number of benzene rings is 1. The van der Waals surface area contributed by atoms with Gasteiger partial charge in [0.05, 0.1) is 0 Å². The monoisotopic (exact) mass is 321 g/mol. The Hall–Kier alpha value is -1.62. The van der Waals surface area contributed by atoms with Crippen LogP contribution in [0.15, 0.2) is 34.8 Å². The van der Waals surface area contributed by atoms with Gasteiger partial charge in [-0.2, -0.15) is 5.10 Å². The molecule has 0 atom stereocenters. The summed E-state index contributed by atoms with van der Waals surface area (Å²) >= 11 is 3.35. The first-order valence-electron chi connectivity index (χ1n) is 6.16. The molecular weight excluding hydrogens is 306 g/mol. The second kappa shape index (κ2) is 6.02. The number of halogens is 1. The van der Waals surface area contributed by atoms with E-state index in [-0.39, 0.29) is 5.91 Å². The van der Waals surface area contributed by atoms with E-state index in [1.165, 1.54) is 0 Å². The summed E-state index contributed by atoms with van der Waals surface area (Å²) in [6.07, 6.45) is 0.887. The predicted molar refractivity (Wildman–Crippen MR) is 79.2 cm³/mol. The number of hydrogen-bond donors (Lipinski definition) is 2. The number of nitrogens with zero attached hydrogens (tertiary/aromatic N) is 1. The van der Waals surface area contributed by atoms with E-state index in [0.717, 1.165) is 22.3 Å². The van der Waals surface area contributed by atoms with Gasteiger partial charge in [0.1, 0.15) is 0 Å². The van der Waals surface area contributed by atoms with E-state index in [9.17, 15) is 4.79 Å². The lowest BCUT2D eigenvalue weighted by Gasteiger charge is -2.02. The van der Waals surface area contributed by atoms with Crippen molar-refractivity contribution in [3.8, 4) is 0 Å². The van der Waals surface area contributed by atoms with Crippen molar-refractivity contribution in [2.45, 2.75) is 20.3 Å². The molecule has 0 spiro atoms. The summed E-state index contributed by atoms with van der Waals surface area (Å²) < 4.78 is 0.976. The summed E-state index contributed by atoms with van der Waals surface area (Å²) in [5, 5.41) is 9.74. The average molecular weight is 322 g/mol. The molecule has 0 fully saturated rings. The number of anilines is 1. The molecule has 1 heterocycles. The fourth-order valence-electron chi connectivity index (χ4n) is 1.75. The fourth-order valence-corrected chi connectivity index (χ4v) is 2.02. The summed E-state index contributed by atoms with van der Waals surface area (Å²) in [4.78, 5) is 12.0. The lowest BCUT2D eigenvalue weighted by Crippen LogP contribution is -2.12. The lowest BCUT2D eigenvalue weighted by molar-refractivity contribution is 0.102. The summed E-state index contributed by atoms with van der Waals surface area (Å²) in [5.41, 5.74) is 2.15. The minimum absolute atomic E-state index is 0.200. The standard InChI is InChI=1S/C14H16BrN3O/c1-9(2)7-12-8-13(18-17-12)14(19)16-11-5-3-10(15)4-6-11/h3-6,8-9H,7H2,1-2H3,(H,16,19)(H,17,18). The van der Waals surface area contributed by atoms with E-state index in [4.69, 9.17) is 0 Å². The zero-order valence-corrected chi connectivity index (χ0v) is 12.5. The van der Waals surface area contributed by atoms with Crippen LogP contribution in [-0.2, 0) is 6.42 Å². The Morgan fingerprint density at radius 1 is 1.37 bits per heavy atom. The molecule has 2 rings (SSSR count). The normalized spacial score (nSPS) is 10.7. The number of nitrogens with one attached hydrogen (secondary N) is 2. The Bertz CT molecular complexity index is 560. The van der Waals surface area contributed by atoms with E-state index < -0.39 is 0 Å². The maximum atomic E-state index is 12.0. The lowest BCUT2D eigenvalue weighted by atomic mass is 10.1. The van der Waals surface area contributed by atoms with Crippen LogP contribution in [0.25, 0.3) is 0 Å². The summed E-state index contributed by atoms with van der Waals surface area (Å²) in [7, 11) is 0. The highest BCUT2D eigenvalue weighted by molar-refractivity contribution is 9.10. The van der Waals surface area contributed by atoms with Crippen LogP contribution in [0.1, 0.15) is 30.0 Å². The molecule has 5 heteroatoms. The molecule has 19 heavy (non-hydrogen) atoms. The van der Waals surface area contributed by atoms with Crippen molar-refractivity contribution < 1.29 is 4.79 Å². The van der Waals surface area contributed by atoms with Gasteiger partial charge < -0.3 is 5.32 Å². The van der Waals surface area contributed by atoms with Crippen molar-refractivity contribution in [1.82, 2.24) is 10.2 Å². The first-order valence-corrected chi connectivity index (χ1v) is 6.95. The van der Waals surface area contributed by atoms with Crippen molar-refractivity contribution in [1.29, 1.82) is 0 Å². The molecule has 0 saturated heterocycles. The molecule has 2 aromatic rings. The summed E-state index contributed by atoms with van der Waals surface area (Å²) in [5.74, 6) is 0.330. The highest BCUT2D eigenvalue weighted by Gasteiger charge is 2.11. The van der Waals surface area contributed by atoms with Gasteiger partial charge in [-0.3, -0.25) is 9.89 Å². The molecule has 0 aliphatic carbocycles. The maximum absolute atomic E-state index is 12.0. The SMILES string of the molecule is CC(C)Cc1cc(C(=O)Nc2ccc(Br)cc2)n[nH]1. The zero-order valence-electron chi connectivity index (χ0n) is 10.9. The molecule has 0 saturated carbocycles. The minimum Gasteiger partial charge on any atom is -0.321 e. The van der Waals surface area contributed by atoms with Crippen molar-refractivity contribution in [3.05, 3.63) is 46.2 Å². The van der Waals surface area contributed by atoms with Crippen LogP contribution in [0.2, 0.25) is 0 Å². The largest absolute Gasteiger partial charge is 0.321 e. The number of carbonyl (C=O) groups excluding carboxylic acids is 1. The first kappa shape index (κ1) is 13.8. The molecular formula is C14H16BrN3O. The Balaban J connectivity index is 2.03. The van der Waals surface area contributed by atoms with Gasteiger partial charge in [-0.15, -0.1) is 0 Å². The molecule has 1 amide bonds. The molecule has 0 aliphatic heterocycles. The second-order valence-electron chi connectivity index (χ2n) is 4.84. The number of hydrogen-bond acceptors (Lipinski definition) is 2. The molecule has 0 aliphatic rings. The number of amides is 1. The molecule has 4 nitrogen and oxygen atoms in total. The maximum Gasteiger partial charge on any atom is 0.276 e. The van der Waals surface area contributed by atoms with Gasteiger partial charge in [0.25, 0.3) is 5.91 Å². The van der Waals surface area contributed by atoms with Crippen LogP contribution < -0.4 is 5.32 Å². The highest BCUT2D eigenvalue weighted by Crippen LogP contribution is 2.15. The van der Waals surface area contributed by atoms with Crippen LogP contribution in [0.5, 0.6) is 0 Å². The first-order chi connectivity index (χ1) is 9.04. The van der Waals surface area contributed by atoms with Gasteiger partial charge in [-0.25, -0.2) is 0 Å². The highest BCUT2D eigenvalue weighted by atomic mass is 79.9. The Kier molecular flexibility index (Phi) is 4.37. The molecule has 100 valence electrons. The zero-order chi connectivity index (χ0) is 13.8. The van der Waals surface area contributed by atoms with Gasteiger partial charge in [-0.1, -0.05) is 29.8 Å². The number of aromatic amines is 1. The van der Waals surface area contributed by atoms with E-state index in [0.29, 0.717) is 11.6 Å². The molecule has 0 unspecified atom stereocenters. The van der Waals surface area contributed by atoms with Gasteiger partial charge in [0, 0.05) is 15.9 Å². The van der Waals surface area contributed by atoms with Crippen LogP contribution >= 0.6 is 15.9 Å². The molecule has 2 N–H and O–H groups in total. The van der Waals surface area contributed by atoms with Gasteiger partial charge in [0.2, 0.25) is 0 Å². The topological polar surface area (TPSA) is 57.8 Å². The predicted octanol–water partition coefficient (Wildman–Crippen LogP) is 3.62. The van der Waals surface area contributed by atoms with Crippen LogP contribution in [0, 0.1) is 5.92 Å². The quantitative estimate of drug-likeness (QED) is 0.903. The summed E-state index contributed by atoms with van der Waals surface area (Å²) in [6.45, 7) is 4.25. The second-order valence-corrected chi connectivity index (χ2v) is 5.75. The van der Waals surface area contributed by atoms with E-state index in [2.05, 4.69) is 45.3 Å². The number of rotatable bonds is 4. The fraction of sp³-hybridized carbons (Fsp3) is 0.286. The van der Waals surface area contributed by atoms with Crippen molar-refractivity contribution in [2.75, 3.05) is 5.32 Å². The third kappa shape index (κ3) is 3.92. The average Bonchev–Trinajstić information content (AvgIpc) is 2.80. The van der Waals surface area contributed by atoms with E-state index in [1.54, 1.807) is 6.07 Å². The molecule has 0 radical (unpaired) electrons. The third-order valence-electron chi connectivity index (χ3n) is 2.59. The van der Waals surface area contributed by atoms with Crippen LogP contribution in [0.4, 0.5) is 5.69 Å². The van der Waals surface area contributed by atoms with Gasteiger partial charge in [0.15, 0.2) is 5.69 Å². The summed E-state index contributed by atoms with van der Waals surface area (Å²) in [6, 6.07) is 9.23. The molecule has 1 aromatic heterocycles. The van der Waals surface area contributed by atoms with Crippen molar-refractivity contribution in [2.24, 2.45) is 5.92 Å². The van der Waals surface area contributed by atoms with E-state index in [1.807, 2.05) is 24.3 Å². The Morgan fingerprint density at radius 3 is 2.68 bits per heavy atom. The van der Waals surface area contributed by atoms with Crippen molar-refractivity contribution >= 4 is 27.5 Å². The number of carbonyl (C=O) groups is 1. The van der Waals surface area contributed by atoms with Crippen LogP contribution in [-0.4, -0.2) is 16.1 Å². The molecule has 0 bridgehead atoms.